The minimum atomic E-state index is -3.57. The average molecular weight is 426 g/mol. The van der Waals surface area contributed by atoms with Crippen LogP contribution in [0.2, 0.25) is 0 Å². The van der Waals surface area contributed by atoms with Crippen molar-refractivity contribution in [3.05, 3.63) is 58.1 Å². The number of nitrogens with one attached hydrogen (secondary N) is 3. The molecule has 1 unspecified atom stereocenters. The van der Waals surface area contributed by atoms with Gasteiger partial charge < -0.3 is 10.6 Å². The van der Waals surface area contributed by atoms with Gasteiger partial charge in [0.25, 0.3) is 0 Å². The molecule has 25 heavy (non-hydrogen) atoms. The van der Waals surface area contributed by atoms with Crippen LogP contribution in [0.15, 0.2) is 51.8 Å². The highest BCUT2D eigenvalue weighted by Gasteiger charge is 2.16. The van der Waals surface area contributed by atoms with E-state index in [2.05, 4.69) is 31.3 Å². The number of hydrogen-bond donors (Lipinski definition) is 3. The summed E-state index contributed by atoms with van der Waals surface area (Å²) in [5.74, 6) is 0. The third-order valence-corrected chi connectivity index (χ3v) is 5.89. The fourth-order valence-corrected chi connectivity index (χ4v) is 3.66. The van der Waals surface area contributed by atoms with E-state index < -0.39 is 16.1 Å². The van der Waals surface area contributed by atoms with E-state index in [9.17, 15) is 13.2 Å². The van der Waals surface area contributed by atoms with Gasteiger partial charge in [-0.15, -0.1) is 0 Å². The summed E-state index contributed by atoms with van der Waals surface area (Å²) in [7, 11) is -2.23. The second kappa shape index (κ2) is 7.99. The fraction of sp³-hybridized carbons (Fsp3) is 0.235. The molecular formula is C17H20BrN3O3S. The zero-order valence-electron chi connectivity index (χ0n) is 14.1. The van der Waals surface area contributed by atoms with Crippen molar-refractivity contribution in [1.29, 1.82) is 0 Å². The van der Waals surface area contributed by atoms with Crippen LogP contribution in [0, 0.1) is 6.92 Å². The summed E-state index contributed by atoms with van der Waals surface area (Å²) in [6.07, 6.45) is 0. The Hall–Kier alpha value is -1.90. The van der Waals surface area contributed by atoms with Crippen LogP contribution in [-0.4, -0.2) is 21.5 Å². The topological polar surface area (TPSA) is 87.3 Å². The zero-order valence-corrected chi connectivity index (χ0v) is 16.5. The van der Waals surface area contributed by atoms with Crippen LogP contribution in [0.5, 0.6) is 0 Å². The van der Waals surface area contributed by atoms with Crippen LogP contribution < -0.4 is 15.4 Å². The summed E-state index contributed by atoms with van der Waals surface area (Å²) in [6, 6.07) is 11.6. The second-order valence-corrected chi connectivity index (χ2v) is 8.27. The summed E-state index contributed by atoms with van der Waals surface area (Å²) in [5, 5.41) is 5.55. The quantitative estimate of drug-likeness (QED) is 0.684. The van der Waals surface area contributed by atoms with E-state index >= 15 is 0 Å². The van der Waals surface area contributed by atoms with Gasteiger partial charge in [0.05, 0.1) is 10.9 Å². The number of anilines is 1. The molecule has 8 heteroatoms. The van der Waals surface area contributed by atoms with Crippen LogP contribution in [0.3, 0.4) is 0 Å². The first-order chi connectivity index (χ1) is 11.7. The Kier molecular flexibility index (Phi) is 6.21. The number of benzene rings is 2. The van der Waals surface area contributed by atoms with Crippen LogP contribution in [0.1, 0.15) is 24.1 Å². The Labute approximate surface area is 156 Å². The molecule has 134 valence electrons. The van der Waals surface area contributed by atoms with Gasteiger partial charge in [0.2, 0.25) is 10.0 Å². The van der Waals surface area contributed by atoms with E-state index in [0.717, 1.165) is 15.6 Å². The molecule has 0 aliphatic carbocycles. The summed E-state index contributed by atoms with van der Waals surface area (Å²) in [4.78, 5) is 12.4. The minimum absolute atomic E-state index is 0.0924. The van der Waals surface area contributed by atoms with Crippen molar-refractivity contribution in [2.45, 2.75) is 24.8 Å². The van der Waals surface area contributed by atoms with Crippen molar-refractivity contribution in [3.8, 4) is 0 Å². The molecule has 1 atom stereocenters. The number of halogens is 1. The van der Waals surface area contributed by atoms with Crippen LogP contribution >= 0.6 is 15.9 Å². The van der Waals surface area contributed by atoms with Crippen LogP contribution in [0.4, 0.5) is 10.5 Å². The molecule has 0 aliphatic heterocycles. The van der Waals surface area contributed by atoms with E-state index in [-0.39, 0.29) is 10.9 Å². The molecular weight excluding hydrogens is 406 g/mol. The highest BCUT2D eigenvalue weighted by Crippen LogP contribution is 2.23. The van der Waals surface area contributed by atoms with Crippen LogP contribution in [-0.2, 0) is 10.0 Å². The molecule has 0 fully saturated rings. The van der Waals surface area contributed by atoms with Crippen molar-refractivity contribution in [3.63, 3.8) is 0 Å². The molecule has 2 aromatic rings. The highest BCUT2D eigenvalue weighted by molar-refractivity contribution is 9.10. The van der Waals surface area contributed by atoms with Crippen molar-refractivity contribution in [2.75, 3.05) is 12.4 Å². The molecule has 2 aromatic carbocycles. The third kappa shape index (κ3) is 4.81. The number of sulfonamides is 1. The Bertz CT molecular complexity index is 884. The van der Waals surface area contributed by atoms with Gasteiger partial charge in [0, 0.05) is 10.2 Å². The van der Waals surface area contributed by atoms with Gasteiger partial charge in [-0.1, -0.05) is 40.2 Å². The lowest BCUT2D eigenvalue weighted by Crippen LogP contribution is -2.31. The zero-order chi connectivity index (χ0) is 18.6. The predicted molar refractivity (Wildman–Crippen MR) is 102 cm³/mol. The smallest absolute Gasteiger partial charge is 0.319 e. The number of rotatable bonds is 5. The van der Waals surface area contributed by atoms with Crippen molar-refractivity contribution in [1.82, 2.24) is 10.0 Å². The van der Waals surface area contributed by atoms with Gasteiger partial charge in [-0.2, -0.15) is 0 Å². The molecule has 0 saturated heterocycles. The molecule has 0 saturated carbocycles. The summed E-state index contributed by atoms with van der Waals surface area (Å²) >= 11 is 3.46. The normalized spacial score (nSPS) is 12.5. The van der Waals surface area contributed by atoms with Gasteiger partial charge in [-0.25, -0.2) is 17.9 Å². The Morgan fingerprint density at radius 1 is 1.16 bits per heavy atom. The maximum atomic E-state index is 12.3. The molecule has 6 nitrogen and oxygen atoms in total. The molecule has 0 aliphatic rings. The first-order valence-electron chi connectivity index (χ1n) is 7.60. The molecule has 0 bridgehead atoms. The van der Waals surface area contributed by atoms with Gasteiger partial charge >= 0.3 is 6.03 Å². The molecule has 2 amide bonds. The average Bonchev–Trinajstić information content (AvgIpc) is 2.56. The van der Waals surface area contributed by atoms with Gasteiger partial charge in [0.15, 0.2) is 0 Å². The number of urea groups is 1. The highest BCUT2D eigenvalue weighted by atomic mass is 79.9. The molecule has 2 rings (SSSR count). The monoisotopic (exact) mass is 425 g/mol. The first kappa shape index (κ1) is 19.4. The van der Waals surface area contributed by atoms with Gasteiger partial charge in [-0.05, 0) is 50.2 Å². The molecule has 0 aromatic heterocycles. The summed E-state index contributed by atoms with van der Waals surface area (Å²) < 4.78 is 27.0. The Balaban J connectivity index is 2.15. The van der Waals surface area contributed by atoms with Gasteiger partial charge in [-0.3, -0.25) is 0 Å². The molecule has 3 N–H and O–H groups in total. The number of amides is 2. The number of carbonyl (C=O) groups is 1. The maximum Gasteiger partial charge on any atom is 0.319 e. The lowest BCUT2D eigenvalue weighted by Gasteiger charge is -2.17. The third-order valence-electron chi connectivity index (χ3n) is 3.76. The van der Waals surface area contributed by atoms with E-state index in [0.29, 0.717) is 5.69 Å². The van der Waals surface area contributed by atoms with Crippen molar-refractivity contribution < 1.29 is 13.2 Å². The van der Waals surface area contributed by atoms with Crippen molar-refractivity contribution in [2.24, 2.45) is 0 Å². The predicted octanol–water partition coefficient (Wildman–Crippen LogP) is 3.55. The van der Waals surface area contributed by atoms with E-state index in [1.54, 1.807) is 13.0 Å². The second-order valence-electron chi connectivity index (χ2n) is 5.53. The van der Waals surface area contributed by atoms with E-state index in [4.69, 9.17) is 0 Å². The lowest BCUT2D eigenvalue weighted by atomic mass is 10.1. The van der Waals surface area contributed by atoms with Gasteiger partial charge in [0.1, 0.15) is 0 Å². The summed E-state index contributed by atoms with van der Waals surface area (Å²) in [5.41, 5.74) is 2.15. The number of carbonyl (C=O) groups excluding carboxylic acids is 1. The van der Waals surface area contributed by atoms with E-state index in [1.165, 1.54) is 19.2 Å². The standard InChI is InChI=1S/C17H20BrN3O3S/c1-11-8-9-13(25(23,24)19-3)10-16(11)21-17(22)20-12(2)14-6-4-5-7-15(14)18/h4-10,12,19H,1-3H3,(H2,20,21,22). The Morgan fingerprint density at radius 2 is 1.84 bits per heavy atom. The van der Waals surface area contributed by atoms with Crippen LogP contribution in [0.25, 0.3) is 0 Å². The first-order valence-corrected chi connectivity index (χ1v) is 9.88. The minimum Gasteiger partial charge on any atom is -0.331 e. The largest absolute Gasteiger partial charge is 0.331 e. The SMILES string of the molecule is CNS(=O)(=O)c1ccc(C)c(NC(=O)NC(C)c2ccccc2Br)c1. The van der Waals surface area contributed by atoms with E-state index in [1.807, 2.05) is 31.2 Å². The Morgan fingerprint density at radius 3 is 2.48 bits per heavy atom. The number of aryl methyl sites for hydroxylation is 1. The molecule has 0 heterocycles. The molecule has 0 radical (unpaired) electrons. The van der Waals surface area contributed by atoms with Crippen molar-refractivity contribution >= 4 is 37.7 Å². The fourth-order valence-electron chi connectivity index (χ4n) is 2.28. The maximum absolute atomic E-state index is 12.3. The lowest BCUT2D eigenvalue weighted by molar-refractivity contribution is 0.249. The summed E-state index contributed by atoms with van der Waals surface area (Å²) in [6.45, 7) is 3.66. The molecule has 0 spiro atoms. The number of hydrogen-bond acceptors (Lipinski definition) is 3.